The van der Waals surface area contributed by atoms with Crippen LogP contribution < -0.4 is 10.9 Å². The van der Waals surface area contributed by atoms with Gasteiger partial charge < -0.3 is 14.3 Å². The van der Waals surface area contributed by atoms with Gasteiger partial charge >= 0.3 is 5.63 Å². The molecule has 0 spiro atoms. The molecule has 1 N–H and O–H groups in total. The second-order valence-electron chi connectivity index (χ2n) is 7.08. The van der Waals surface area contributed by atoms with E-state index in [1.807, 2.05) is 24.3 Å². The summed E-state index contributed by atoms with van der Waals surface area (Å²) < 4.78 is 7.44. The molecule has 0 atom stereocenters. The highest BCUT2D eigenvalue weighted by Gasteiger charge is 2.14. The maximum atomic E-state index is 12.1. The Morgan fingerprint density at radius 1 is 1.13 bits per heavy atom. The topological polar surface area (TPSA) is 90.0 Å². The van der Waals surface area contributed by atoms with Crippen LogP contribution in [0.5, 0.6) is 0 Å². The maximum absolute atomic E-state index is 12.1. The van der Waals surface area contributed by atoms with E-state index >= 15 is 0 Å². The van der Waals surface area contributed by atoms with Gasteiger partial charge in [-0.05, 0) is 30.2 Å². The molecule has 0 aliphatic rings. The van der Waals surface area contributed by atoms with Crippen LogP contribution in [0.4, 0.5) is 5.69 Å². The molecule has 2 aromatic heterocycles. The summed E-state index contributed by atoms with van der Waals surface area (Å²) in [4.78, 5) is 23.4. The van der Waals surface area contributed by atoms with Crippen molar-refractivity contribution in [3.05, 3.63) is 82.0 Å². The smallest absolute Gasteiger partial charge is 0.336 e. The van der Waals surface area contributed by atoms with Crippen LogP contribution in [0.3, 0.4) is 0 Å². The highest BCUT2D eigenvalue weighted by molar-refractivity contribution is 7.98. The first kappa shape index (κ1) is 20.9. The van der Waals surface area contributed by atoms with Crippen molar-refractivity contribution in [2.24, 2.45) is 0 Å². The summed E-state index contributed by atoms with van der Waals surface area (Å²) in [6.07, 6.45) is 0.714. The van der Waals surface area contributed by atoms with Crippen molar-refractivity contribution >= 4 is 34.3 Å². The van der Waals surface area contributed by atoms with E-state index in [1.165, 1.54) is 30.3 Å². The molecule has 0 bridgehead atoms. The lowest BCUT2D eigenvalue weighted by molar-refractivity contribution is -0.114. The fourth-order valence-corrected chi connectivity index (χ4v) is 4.44. The third kappa shape index (κ3) is 4.86. The molecule has 31 heavy (non-hydrogen) atoms. The van der Waals surface area contributed by atoms with Gasteiger partial charge in [0.05, 0.1) is 0 Å². The lowest BCUT2D eigenvalue weighted by Gasteiger charge is -2.09. The third-order valence-electron chi connectivity index (χ3n) is 4.82. The molecule has 0 saturated heterocycles. The van der Waals surface area contributed by atoms with Gasteiger partial charge in [0, 0.05) is 48.8 Å². The van der Waals surface area contributed by atoms with Crippen molar-refractivity contribution in [1.29, 1.82) is 0 Å². The maximum Gasteiger partial charge on any atom is 0.336 e. The van der Waals surface area contributed by atoms with E-state index in [0.29, 0.717) is 23.4 Å². The number of hydrogen-bond donors (Lipinski definition) is 1. The van der Waals surface area contributed by atoms with Crippen molar-refractivity contribution in [1.82, 2.24) is 14.8 Å². The van der Waals surface area contributed by atoms with Gasteiger partial charge in [-0.25, -0.2) is 4.79 Å². The molecule has 0 aliphatic heterocycles. The van der Waals surface area contributed by atoms with Crippen LogP contribution in [-0.4, -0.2) is 20.7 Å². The molecule has 8 heteroatoms. The number of thioether (sulfide) groups is 1. The number of hydrogen-bond acceptors (Lipinski definition) is 6. The van der Waals surface area contributed by atoms with Crippen molar-refractivity contribution in [2.75, 3.05) is 5.32 Å². The number of carbonyl (C=O) groups is 1. The van der Waals surface area contributed by atoms with Gasteiger partial charge in [-0.2, -0.15) is 0 Å². The molecule has 2 aromatic carbocycles. The van der Waals surface area contributed by atoms with Gasteiger partial charge in [-0.1, -0.05) is 42.1 Å². The zero-order valence-corrected chi connectivity index (χ0v) is 18.1. The quantitative estimate of drug-likeness (QED) is 0.346. The molecule has 0 radical (unpaired) electrons. The zero-order chi connectivity index (χ0) is 21.8. The van der Waals surface area contributed by atoms with E-state index in [-0.39, 0.29) is 5.91 Å². The van der Waals surface area contributed by atoms with Gasteiger partial charge in [-0.3, -0.25) is 4.79 Å². The SMILES string of the molecule is CCn1c(Cc2ccccc2)nnc1SCc1cc(=O)oc2cc(NC(C)=O)ccc12. The Morgan fingerprint density at radius 3 is 2.68 bits per heavy atom. The number of amides is 1. The number of nitrogens with zero attached hydrogens (tertiary/aromatic N) is 3. The minimum atomic E-state index is -0.426. The lowest BCUT2D eigenvalue weighted by atomic mass is 10.1. The second-order valence-corrected chi connectivity index (χ2v) is 8.02. The molecule has 2 heterocycles. The molecule has 7 nitrogen and oxygen atoms in total. The summed E-state index contributed by atoms with van der Waals surface area (Å²) in [5.41, 5.74) is 2.63. The molecule has 0 fully saturated rings. The Hall–Kier alpha value is -3.39. The molecular formula is C23H22N4O3S. The first-order valence-corrected chi connectivity index (χ1v) is 10.9. The second kappa shape index (κ2) is 9.18. The van der Waals surface area contributed by atoms with Crippen LogP contribution >= 0.6 is 11.8 Å². The number of nitrogens with one attached hydrogen (secondary N) is 1. The Balaban J connectivity index is 1.58. The summed E-state index contributed by atoms with van der Waals surface area (Å²) in [6, 6.07) is 17.0. The Morgan fingerprint density at radius 2 is 1.94 bits per heavy atom. The molecule has 1 amide bonds. The number of fused-ring (bicyclic) bond motifs is 1. The van der Waals surface area contributed by atoms with Gasteiger partial charge in [-0.15, -0.1) is 10.2 Å². The summed E-state index contributed by atoms with van der Waals surface area (Å²) in [5.74, 6) is 1.28. The van der Waals surface area contributed by atoms with Crippen LogP contribution in [0.2, 0.25) is 0 Å². The van der Waals surface area contributed by atoms with Gasteiger partial charge in [0.25, 0.3) is 0 Å². The van der Waals surface area contributed by atoms with Crippen LogP contribution in [0.25, 0.3) is 11.0 Å². The number of carbonyl (C=O) groups excluding carboxylic acids is 1. The Bertz CT molecular complexity index is 1280. The monoisotopic (exact) mass is 434 g/mol. The molecule has 4 aromatic rings. The highest BCUT2D eigenvalue weighted by atomic mass is 32.2. The van der Waals surface area contributed by atoms with E-state index in [9.17, 15) is 9.59 Å². The minimum absolute atomic E-state index is 0.182. The van der Waals surface area contributed by atoms with E-state index < -0.39 is 5.63 Å². The highest BCUT2D eigenvalue weighted by Crippen LogP contribution is 2.28. The third-order valence-corrected chi connectivity index (χ3v) is 5.84. The number of rotatable bonds is 7. The average Bonchev–Trinajstić information content (AvgIpc) is 3.13. The standard InChI is InChI=1S/C23H22N4O3S/c1-3-27-21(11-16-7-5-4-6-8-16)25-26-23(27)31-14-17-12-22(29)30-20-13-18(24-15(2)28)9-10-19(17)20/h4-10,12-13H,3,11,14H2,1-2H3,(H,24,28). The number of benzene rings is 2. The summed E-state index contributed by atoms with van der Waals surface area (Å²) in [5, 5.41) is 13.1. The number of aromatic nitrogens is 3. The van der Waals surface area contributed by atoms with Crippen molar-refractivity contribution < 1.29 is 9.21 Å². The summed E-state index contributed by atoms with van der Waals surface area (Å²) in [7, 11) is 0. The first-order valence-electron chi connectivity index (χ1n) is 9.96. The minimum Gasteiger partial charge on any atom is -0.423 e. The van der Waals surface area contributed by atoms with Crippen LogP contribution in [0.1, 0.15) is 30.8 Å². The molecule has 4 rings (SSSR count). The normalized spacial score (nSPS) is 11.0. The van der Waals surface area contributed by atoms with Crippen molar-refractivity contribution in [2.45, 2.75) is 37.7 Å². The van der Waals surface area contributed by atoms with Crippen molar-refractivity contribution in [3.63, 3.8) is 0 Å². The molecule has 158 valence electrons. The summed E-state index contributed by atoms with van der Waals surface area (Å²) in [6.45, 7) is 4.26. The number of anilines is 1. The van der Waals surface area contributed by atoms with Crippen LogP contribution in [-0.2, 0) is 23.5 Å². The summed E-state index contributed by atoms with van der Waals surface area (Å²) >= 11 is 1.53. The zero-order valence-electron chi connectivity index (χ0n) is 17.3. The van der Waals surface area contributed by atoms with E-state index in [2.05, 4.69) is 39.1 Å². The first-order chi connectivity index (χ1) is 15.0. The fourth-order valence-electron chi connectivity index (χ4n) is 3.43. The van der Waals surface area contributed by atoms with Gasteiger partial charge in [0.15, 0.2) is 5.16 Å². The van der Waals surface area contributed by atoms with Gasteiger partial charge in [0.1, 0.15) is 11.4 Å². The predicted octanol–water partition coefficient (Wildman–Crippen LogP) is 4.25. The average molecular weight is 435 g/mol. The van der Waals surface area contributed by atoms with Crippen LogP contribution in [0, 0.1) is 0 Å². The largest absolute Gasteiger partial charge is 0.423 e. The molecule has 0 saturated carbocycles. The fraction of sp³-hybridized carbons (Fsp3) is 0.217. The van der Waals surface area contributed by atoms with E-state index in [1.54, 1.807) is 12.1 Å². The lowest BCUT2D eigenvalue weighted by Crippen LogP contribution is -2.06. The van der Waals surface area contributed by atoms with Crippen LogP contribution in [0.15, 0.2) is 69.0 Å². The van der Waals surface area contributed by atoms with Crippen molar-refractivity contribution in [3.8, 4) is 0 Å². The molecule has 0 unspecified atom stereocenters. The molecular weight excluding hydrogens is 412 g/mol. The van der Waals surface area contributed by atoms with E-state index in [4.69, 9.17) is 4.42 Å². The molecule has 0 aliphatic carbocycles. The predicted molar refractivity (Wildman–Crippen MR) is 121 cm³/mol. The Kier molecular flexibility index (Phi) is 6.18. The van der Waals surface area contributed by atoms with Gasteiger partial charge in [0.2, 0.25) is 5.91 Å². The van der Waals surface area contributed by atoms with E-state index in [0.717, 1.165) is 28.5 Å². The Labute approximate surface area is 183 Å².